The lowest BCUT2D eigenvalue weighted by molar-refractivity contribution is -0.332. The molecule has 2 aliphatic rings. The van der Waals surface area contributed by atoms with E-state index in [-0.39, 0.29) is 19.6 Å². The van der Waals surface area contributed by atoms with Gasteiger partial charge in [-0.05, 0) is 83.5 Å². The summed E-state index contributed by atoms with van der Waals surface area (Å²) in [5.74, 6) is -0.416. The van der Waals surface area contributed by atoms with Crippen molar-refractivity contribution in [2.24, 2.45) is 0 Å². The zero-order valence-corrected chi connectivity index (χ0v) is 40.6. The van der Waals surface area contributed by atoms with Crippen molar-refractivity contribution in [1.29, 1.82) is 0 Å². The quantitative estimate of drug-likeness (QED) is 0.0184. The maximum atomic E-state index is 13.0. The Morgan fingerprint density at radius 2 is 0.970 bits per heavy atom. The summed E-state index contributed by atoms with van der Waals surface area (Å²) in [7, 11) is 0. The monoisotopic (exact) mass is 949 g/mol. The number of allylic oxidation sites excluding steroid dienone is 14. The third kappa shape index (κ3) is 27.8. The molecule has 384 valence electrons. The van der Waals surface area contributed by atoms with Crippen molar-refractivity contribution in [2.75, 3.05) is 33.0 Å². The van der Waals surface area contributed by atoms with E-state index in [1.807, 2.05) is 0 Å². The van der Waals surface area contributed by atoms with Crippen molar-refractivity contribution >= 4 is 5.97 Å². The molecule has 2 rings (SSSR count). The molecular weight excluding hydrogens is 861 g/mol. The van der Waals surface area contributed by atoms with Gasteiger partial charge in [-0.1, -0.05) is 137 Å². The Kier molecular flexibility index (Phi) is 36.0. The van der Waals surface area contributed by atoms with Crippen molar-refractivity contribution in [3.8, 4) is 0 Å². The van der Waals surface area contributed by atoms with E-state index in [0.717, 1.165) is 96.3 Å². The highest BCUT2D eigenvalue weighted by molar-refractivity contribution is 5.69. The minimum Gasteiger partial charge on any atom is -0.457 e. The maximum Gasteiger partial charge on any atom is 0.306 e. The highest BCUT2D eigenvalue weighted by Crippen LogP contribution is 2.26. The van der Waals surface area contributed by atoms with E-state index < -0.39 is 86.7 Å². The Balaban J connectivity index is 1.80. The van der Waals surface area contributed by atoms with Crippen LogP contribution in [0.15, 0.2) is 85.1 Å². The number of unbranched alkanes of at least 4 members (excludes halogenated alkanes) is 10. The van der Waals surface area contributed by atoms with E-state index in [0.29, 0.717) is 13.0 Å². The van der Waals surface area contributed by atoms with Gasteiger partial charge in [-0.2, -0.15) is 0 Å². The standard InChI is InChI=1S/C53H88O14/c1-3-5-7-9-11-13-15-17-19-20-21-22-23-24-26-28-30-32-34-36-45(55)65-42(39-62-37-35-33-31-29-27-25-18-16-14-12-10-8-6-4-2)40-63-52-51(61)49(59)47(57)44(67-52)41-64-53-50(60)48(58)46(56)43(38-54)66-53/h5,7-8,10-11,13-14,16-17,19,21-22,24,26,42-44,46-54,56-61H,3-4,6,9,12,15,18,20,23,25,27-41H2,1-2H3/b7-5-,10-8-,13-11-,16-14-,19-17-,22-21-,26-24-. The first-order valence-corrected chi connectivity index (χ1v) is 25.2. The van der Waals surface area contributed by atoms with Crippen molar-refractivity contribution < 1.29 is 69.0 Å². The molecule has 7 N–H and O–H groups in total. The maximum absolute atomic E-state index is 13.0. The van der Waals surface area contributed by atoms with Crippen LogP contribution < -0.4 is 0 Å². The second kappa shape index (κ2) is 40.0. The van der Waals surface area contributed by atoms with Gasteiger partial charge in [0.05, 0.1) is 26.4 Å². The molecule has 0 aromatic carbocycles. The molecular formula is C53H88O14. The van der Waals surface area contributed by atoms with Gasteiger partial charge in [0.25, 0.3) is 0 Å². The first kappa shape index (κ1) is 60.3. The Hall–Kier alpha value is -2.83. The van der Waals surface area contributed by atoms with E-state index in [1.54, 1.807) is 0 Å². The van der Waals surface area contributed by atoms with Gasteiger partial charge < -0.3 is 64.2 Å². The van der Waals surface area contributed by atoms with Crippen LogP contribution in [0.3, 0.4) is 0 Å². The van der Waals surface area contributed by atoms with E-state index in [4.69, 9.17) is 28.4 Å². The topological polar surface area (TPSA) is 214 Å². The summed E-state index contributed by atoms with van der Waals surface area (Å²) in [5, 5.41) is 72.1. The van der Waals surface area contributed by atoms with Crippen molar-refractivity contribution in [1.82, 2.24) is 0 Å². The third-order valence-corrected chi connectivity index (χ3v) is 11.4. The number of aliphatic hydroxyl groups is 7. The highest BCUT2D eigenvalue weighted by atomic mass is 16.7. The van der Waals surface area contributed by atoms with Crippen LogP contribution in [0.4, 0.5) is 0 Å². The highest BCUT2D eigenvalue weighted by Gasteiger charge is 2.47. The van der Waals surface area contributed by atoms with Crippen LogP contribution in [0, 0.1) is 0 Å². The molecule has 67 heavy (non-hydrogen) atoms. The number of carbonyl (C=O) groups is 1. The molecule has 11 unspecified atom stereocenters. The van der Waals surface area contributed by atoms with Crippen LogP contribution in [-0.4, -0.2) is 142 Å². The van der Waals surface area contributed by atoms with Crippen LogP contribution >= 0.6 is 0 Å². The predicted octanol–water partition coefficient (Wildman–Crippen LogP) is 7.29. The molecule has 0 radical (unpaired) electrons. The number of esters is 1. The van der Waals surface area contributed by atoms with Gasteiger partial charge >= 0.3 is 5.97 Å². The Labute approximate surface area is 401 Å². The fourth-order valence-electron chi connectivity index (χ4n) is 7.29. The number of hydrogen-bond donors (Lipinski definition) is 7. The fourth-order valence-corrected chi connectivity index (χ4v) is 7.29. The van der Waals surface area contributed by atoms with Crippen molar-refractivity contribution in [2.45, 2.75) is 210 Å². The van der Waals surface area contributed by atoms with Gasteiger partial charge in [0.15, 0.2) is 12.6 Å². The summed E-state index contributed by atoms with van der Waals surface area (Å²) in [6, 6.07) is 0. The van der Waals surface area contributed by atoms with E-state index in [9.17, 15) is 40.5 Å². The second-order valence-electron chi connectivity index (χ2n) is 17.3. The summed E-state index contributed by atoms with van der Waals surface area (Å²) in [6.07, 6.45) is 33.6. The van der Waals surface area contributed by atoms with Crippen LogP contribution in [0.2, 0.25) is 0 Å². The largest absolute Gasteiger partial charge is 0.457 e. The van der Waals surface area contributed by atoms with E-state index in [2.05, 4.69) is 98.9 Å². The minimum absolute atomic E-state index is 0.0351. The molecule has 0 saturated carbocycles. The molecule has 2 aliphatic heterocycles. The predicted molar refractivity (Wildman–Crippen MR) is 261 cm³/mol. The Morgan fingerprint density at radius 1 is 0.507 bits per heavy atom. The summed E-state index contributed by atoms with van der Waals surface area (Å²) < 4.78 is 34.2. The van der Waals surface area contributed by atoms with Crippen LogP contribution in [-0.2, 0) is 33.2 Å². The first-order chi connectivity index (χ1) is 32.6. The van der Waals surface area contributed by atoms with Gasteiger partial charge in [-0.25, -0.2) is 0 Å². The molecule has 0 spiro atoms. The lowest BCUT2D eigenvalue weighted by Crippen LogP contribution is -2.61. The molecule has 0 bridgehead atoms. The summed E-state index contributed by atoms with van der Waals surface area (Å²) in [5.41, 5.74) is 0. The fraction of sp³-hybridized carbons (Fsp3) is 0.717. The average Bonchev–Trinajstić information content (AvgIpc) is 3.32. The third-order valence-electron chi connectivity index (χ3n) is 11.4. The summed E-state index contributed by atoms with van der Waals surface area (Å²) in [6.45, 7) is 3.41. The molecule has 0 amide bonds. The molecule has 14 nitrogen and oxygen atoms in total. The van der Waals surface area contributed by atoms with Gasteiger partial charge in [-0.15, -0.1) is 0 Å². The van der Waals surface area contributed by atoms with Gasteiger partial charge in [0.1, 0.15) is 54.9 Å². The van der Waals surface area contributed by atoms with Gasteiger partial charge in [-0.3, -0.25) is 4.79 Å². The molecule has 11 atom stereocenters. The van der Waals surface area contributed by atoms with Crippen molar-refractivity contribution in [3.63, 3.8) is 0 Å². The van der Waals surface area contributed by atoms with Crippen LogP contribution in [0.5, 0.6) is 0 Å². The van der Waals surface area contributed by atoms with E-state index >= 15 is 0 Å². The molecule has 0 aromatic rings. The molecule has 2 fully saturated rings. The summed E-state index contributed by atoms with van der Waals surface area (Å²) in [4.78, 5) is 13.0. The van der Waals surface area contributed by atoms with Gasteiger partial charge in [0, 0.05) is 13.0 Å². The SMILES string of the molecule is CC/C=C\C/C=C\C/C=C\C/C=C\C/C=C\CCCCCC(=O)OC(COCCCCCCCC/C=C\C/C=C\CCC)COC1OC(COC2OC(CO)C(O)C(O)C2O)C(O)C(O)C1O. The van der Waals surface area contributed by atoms with Crippen molar-refractivity contribution in [3.05, 3.63) is 85.1 Å². The zero-order chi connectivity index (χ0) is 48.7. The number of rotatable bonds is 38. The molecule has 2 heterocycles. The van der Waals surface area contributed by atoms with Crippen LogP contribution in [0.1, 0.15) is 142 Å². The van der Waals surface area contributed by atoms with E-state index in [1.165, 1.54) is 19.3 Å². The molecule has 2 saturated heterocycles. The number of hydrogen-bond acceptors (Lipinski definition) is 14. The zero-order valence-electron chi connectivity index (χ0n) is 40.6. The minimum atomic E-state index is -1.72. The number of ether oxygens (including phenoxy) is 6. The summed E-state index contributed by atoms with van der Waals surface area (Å²) >= 11 is 0. The average molecular weight is 949 g/mol. The molecule has 0 aliphatic carbocycles. The van der Waals surface area contributed by atoms with Crippen LogP contribution in [0.25, 0.3) is 0 Å². The number of aliphatic hydroxyl groups excluding tert-OH is 7. The lowest BCUT2D eigenvalue weighted by atomic mass is 9.98. The molecule has 14 heteroatoms. The number of carbonyl (C=O) groups excluding carboxylic acids is 1. The lowest BCUT2D eigenvalue weighted by Gasteiger charge is -2.42. The second-order valence-corrected chi connectivity index (χ2v) is 17.3. The first-order valence-electron chi connectivity index (χ1n) is 25.2. The smallest absolute Gasteiger partial charge is 0.306 e. The Bertz CT molecular complexity index is 1430. The Morgan fingerprint density at radius 3 is 1.52 bits per heavy atom. The molecule has 0 aromatic heterocycles. The normalized spacial score (nSPS) is 26.8. The van der Waals surface area contributed by atoms with Gasteiger partial charge in [0.2, 0.25) is 0 Å².